The highest BCUT2D eigenvalue weighted by atomic mass is 32.1. The summed E-state index contributed by atoms with van der Waals surface area (Å²) in [5.41, 5.74) is 7.25. The third-order valence-corrected chi connectivity index (χ3v) is 8.90. The zero-order valence-corrected chi connectivity index (χ0v) is 23.6. The SMILES string of the molecule is CCCCC(CCCC)(c1cccc(-n2c3ccccc3c3ccc(-c4nccs4)cc32)c1)c1ccccn1. The van der Waals surface area contributed by atoms with Crippen LogP contribution < -0.4 is 0 Å². The molecule has 0 aliphatic heterocycles. The standard InChI is InChI=1S/C35H35N3S/c1-3-5-19-35(20-6-4-2,33-16-9-10-21-36-33)27-12-11-13-28(25-27)38-31-15-8-7-14-29(31)30-18-17-26(24-32(30)38)34-37-22-23-39-34/h7-18,21-25H,3-6,19-20H2,1-2H3. The predicted molar refractivity (Wildman–Crippen MR) is 166 cm³/mol. The molecule has 4 heteroatoms. The first kappa shape index (κ1) is 25.5. The Bertz CT molecular complexity index is 1670. The van der Waals surface area contributed by atoms with E-state index in [9.17, 15) is 0 Å². The highest BCUT2D eigenvalue weighted by Gasteiger charge is 2.34. The second-order valence-corrected chi connectivity index (χ2v) is 11.4. The van der Waals surface area contributed by atoms with Gasteiger partial charge < -0.3 is 4.57 Å². The number of benzene rings is 3. The summed E-state index contributed by atoms with van der Waals surface area (Å²) in [7, 11) is 0. The lowest BCUT2D eigenvalue weighted by molar-refractivity contribution is 0.396. The Morgan fingerprint density at radius 1 is 0.718 bits per heavy atom. The van der Waals surface area contributed by atoms with Crippen molar-refractivity contribution in [3.63, 3.8) is 0 Å². The number of unbranched alkanes of at least 4 members (excludes halogenated alkanes) is 2. The van der Waals surface area contributed by atoms with Crippen LogP contribution in [0.4, 0.5) is 0 Å². The fraction of sp³-hybridized carbons (Fsp3) is 0.257. The molecule has 0 fully saturated rings. The van der Waals surface area contributed by atoms with Crippen molar-refractivity contribution in [3.8, 4) is 16.3 Å². The van der Waals surface area contributed by atoms with Gasteiger partial charge in [-0.1, -0.05) is 88.1 Å². The summed E-state index contributed by atoms with van der Waals surface area (Å²) in [6.07, 6.45) is 10.7. The van der Waals surface area contributed by atoms with Crippen LogP contribution in [-0.4, -0.2) is 14.5 Å². The monoisotopic (exact) mass is 529 g/mol. The number of pyridine rings is 1. The normalized spacial score (nSPS) is 11.9. The van der Waals surface area contributed by atoms with Crippen LogP contribution in [0.3, 0.4) is 0 Å². The predicted octanol–water partition coefficient (Wildman–Crippen LogP) is 9.97. The molecule has 3 aromatic heterocycles. The first-order valence-corrected chi connectivity index (χ1v) is 15.1. The zero-order valence-electron chi connectivity index (χ0n) is 22.8. The minimum atomic E-state index is -0.103. The van der Waals surface area contributed by atoms with Gasteiger partial charge in [0.15, 0.2) is 0 Å². The van der Waals surface area contributed by atoms with E-state index in [1.165, 1.54) is 64.4 Å². The Morgan fingerprint density at radius 3 is 2.26 bits per heavy atom. The molecule has 0 saturated heterocycles. The van der Waals surface area contributed by atoms with E-state index >= 15 is 0 Å². The number of para-hydroxylation sites is 1. The minimum Gasteiger partial charge on any atom is -0.309 e. The molecule has 0 atom stereocenters. The third kappa shape index (κ3) is 4.68. The minimum absolute atomic E-state index is 0.103. The molecule has 0 radical (unpaired) electrons. The topological polar surface area (TPSA) is 30.7 Å². The first-order valence-electron chi connectivity index (χ1n) is 14.2. The van der Waals surface area contributed by atoms with Gasteiger partial charge in [-0.25, -0.2) is 4.98 Å². The molecule has 3 aromatic carbocycles. The van der Waals surface area contributed by atoms with Gasteiger partial charge in [0.25, 0.3) is 0 Å². The van der Waals surface area contributed by atoms with Gasteiger partial charge >= 0.3 is 0 Å². The van der Waals surface area contributed by atoms with Gasteiger partial charge in [0.1, 0.15) is 5.01 Å². The number of hydrogen-bond donors (Lipinski definition) is 0. The molecule has 0 aliphatic carbocycles. The summed E-state index contributed by atoms with van der Waals surface area (Å²) in [5, 5.41) is 5.64. The third-order valence-electron chi connectivity index (χ3n) is 8.08. The lowest BCUT2D eigenvalue weighted by atomic mass is 9.70. The van der Waals surface area contributed by atoms with Crippen LogP contribution in [0, 0.1) is 0 Å². The molecule has 6 aromatic rings. The van der Waals surface area contributed by atoms with Crippen molar-refractivity contribution < 1.29 is 0 Å². The van der Waals surface area contributed by atoms with Gasteiger partial charge in [-0.15, -0.1) is 11.3 Å². The molecule has 39 heavy (non-hydrogen) atoms. The molecule has 0 aliphatic rings. The molecule has 3 heterocycles. The fourth-order valence-electron chi connectivity index (χ4n) is 6.11. The molecule has 0 amide bonds. The smallest absolute Gasteiger partial charge is 0.123 e. The van der Waals surface area contributed by atoms with Gasteiger partial charge in [-0.05, 0) is 54.8 Å². The van der Waals surface area contributed by atoms with Gasteiger partial charge in [0.05, 0.1) is 16.7 Å². The maximum absolute atomic E-state index is 4.95. The van der Waals surface area contributed by atoms with Crippen LogP contribution in [0.5, 0.6) is 0 Å². The fourth-order valence-corrected chi connectivity index (χ4v) is 6.75. The number of fused-ring (bicyclic) bond motifs is 3. The van der Waals surface area contributed by atoms with Crippen molar-refractivity contribution in [1.29, 1.82) is 0 Å². The van der Waals surface area contributed by atoms with E-state index in [2.05, 4.69) is 102 Å². The van der Waals surface area contributed by atoms with Crippen molar-refractivity contribution in [3.05, 3.63) is 114 Å². The van der Waals surface area contributed by atoms with Crippen LogP contribution >= 0.6 is 11.3 Å². The van der Waals surface area contributed by atoms with Gasteiger partial charge in [-0.2, -0.15) is 0 Å². The maximum Gasteiger partial charge on any atom is 0.123 e. The van der Waals surface area contributed by atoms with E-state index in [4.69, 9.17) is 4.98 Å². The van der Waals surface area contributed by atoms with Crippen molar-refractivity contribution in [2.75, 3.05) is 0 Å². The highest BCUT2D eigenvalue weighted by Crippen LogP contribution is 2.42. The largest absolute Gasteiger partial charge is 0.309 e. The van der Waals surface area contributed by atoms with Gasteiger partial charge in [-0.3, -0.25) is 4.98 Å². The number of aromatic nitrogens is 3. The molecule has 0 N–H and O–H groups in total. The lowest BCUT2D eigenvalue weighted by Crippen LogP contribution is -2.29. The van der Waals surface area contributed by atoms with Crippen molar-refractivity contribution in [2.45, 2.75) is 57.8 Å². The van der Waals surface area contributed by atoms with E-state index < -0.39 is 0 Å². The summed E-state index contributed by atoms with van der Waals surface area (Å²) < 4.78 is 2.44. The highest BCUT2D eigenvalue weighted by molar-refractivity contribution is 7.13. The lowest BCUT2D eigenvalue weighted by Gasteiger charge is -2.35. The molecule has 196 valence electrons. The molecule has 0 spiro atoms. The average molecular weight is 530 g/mol. The number of hydrogen-bond acceptors (Lipinski definition) is 3. The zero-order chi connectivity index (χ0) is 26.7. The van der Waals surface area contributed by atoms with E-state index in [0.29, 0.717) is 0 Å². The van der Waals surface area contributed by atoms with Crippen LogP contribution in [0.15, 0.2) is 103 Å². The molecular weight excluding hydrogens is 494 g/mol. The van der Waals surface area contributed by atoms with Gasteiger partial charge in [0.2, 0.25) is 0 Å². The van der Waals surface area contributed by atoms with Crippen LogP contribution in [-0.2, 0) is 5.41 Å². The Balaban J connectivity index is 1.58. The van der Waals surface area contributed by atoms with E-state index in [-0.39, 0.29) is 5.41 Å². The van der Waals surface area contributed by atoms with E-state index in [0.717, 1.165) is 23.4 Å². The Hall–Kier alpha value is -3.76. The van der Waals surface area contributed by atoms with Crippen molar-refractivity contribution in [2.24, 2.45) is 0 Å². The number of rotatable bonds is 10. The average Bonchev–Trinajstić information content (AvgIpc) is 3.65. The van der Waals surface area contributed by atoms with E-state index in [1.807, 2.05) is 23.8 Å². The molecule has 6 rings (SSSR count). The van der Waals surface area contributed by atoms with Crippen molar-refractivity contribution >= 4 is 33.1 Å². The second kappa shape index (κ2) is 11.2. The number of thiazole rings is 1. The summed E-state index contributed by atoms with van der Waals surface area (Å²) in [6.45, 7) is 4.58. The quantitative estimate of drug-likeness (QED) is 0.177. The summed E-state index contributed by atoms with van der Waals surface area (Å²) in [4.78, 5) is 9.54. The molecule has 0 bridgehead atoms. The van der Waals surface area contributed by atoms with Crippen LogP contribution in [0.25, 0.3) is 38.1 Å². The van der Waals surface area contributed by atoms with Gasteiger partial charge in [0, 0.05) is 45.2 Å². The van der Waals surface area contributed by atoms with Crippen LogP contribution in [0.1, 0.15) is 63.6 Å². The Kier molecular flexibility index (Phi) is 7.30. The van der Waals surface area contributed by atoms with Crippen LogP contribution in [0.2, 0.25) is 0 Å². The van der Waals surface area contributed by atoms with E-state index in [1.54, 1.807) is 11.3 Å². The number of nitrogens with zero attached hydrogens (tertiary/aromatic N) is 3. The molecule has 0 unspecified atom stereocenters. The maximum atomic E-state index is 4.95. The second-order valence-electron chi connectivity index (χ2n) is 10.5. The Labute approximate surface area is 235 Å². The first-order chi connectivity index (χ1) is 19.2. The van der Waals surface area contributed by atoms with Crippen molar-refractivity contribution in [1.82, 2.24) is 14.5 Å². The molecular formula is C35H35N3S. The molecule has 0 saturated carbocycles. The summed E-state index contributed by atoms with van der Waals surface area (Å²) in [6, 6.07) is 31.2. The molecule has 3 nitrogen and oxygen atoms in total. The summed E-state index contributed by atoms with van der Waals surface area (Å²) in [5.74, 6) is 0. The summed E-state index contributed by atoms with van der Waals surface area (Å²) >= 11 is 1.68. The Morgan fingerprint density at radius 2 is 1.51 bits per heavy atom.